The number of imidazole rings is 1. The lowest BCUT2D eigenvalue weighted by atomic mass is 10.2. The van der Waals surface area contributed by atoms with E-state index < -0.39 is 0 Å². The van der Waals surface area contributed by atoms with Crippen LogP contribution in [0.1, 0.15) is 25.3 Å². The highest BCUT2D eigenvalue weighted by molar-refractivity contribution is 5.77. The number of aryl methyl sites for hydroxylation is 1. The minimum atomic E-state index is 0.567. The summed E-state index contributed by atoms with van der Waals surface area (Å²) in [5.41, 5.74) is 4.87. The zero-order valence-electron chi connectivity index (χ0n) is 16.3. The molecule has 4 aromatic rings. The summed E-state index contributed by atoms with van der Waals surface area (Å²) in [5.74, 6) is 1.45. The van der Waals surface area contributed by atoms with Crippen LogP contribution in [-0.2, 0) is 13.1 Å². The van der Waals surface area contributed by atoms with Crippen molar-refractivity contribution in [1.29, 1.82) is 0 Å². The topological polar surface area (TPSA) is 80.5 Å². The van der Waals surface area contributed by atoms with Crippen molar-refractivity contribution in [3.05, 3.63) is 60.6 Å². The molecule has 2 N–H and O–H groups in total. The molecule has 7 nitrogen and oxygen atoms in total. The molecule has 0 unspecified atom stereocenters. The molecule has 0 aliphatic heterocycles. The number of fused-ring (bicyclic) bond motifs is 1. The van der Waals surface area contributed by atoms with Crippen LogP contribution in [0.15, 0.2) is 55.0 Å². The van der Waals surface area contributed by atoms with Gasteiger partial charge in [-0.15, -0.1) is 0 Å². The first-order valence-corrected chi connectivity index (χ1v) is 10.0. The minimum absolute atomic E-state index is 0.567. The Morgan fingerprint density at radius 2 is 1.83 bits per heavy atom. The van der Waals surface area contributed by atoms with E-state index >= 15 is 0 Å². The first-order chi connectivity index (χ1) is 14.3. The Morgan fingerprint density at radius 3 is 2.55 bits per heavy atom. The predicted molar refractivity (Wildman–Crippen MR) is 114 cm³/mol. The summed E-state index contributed by atoms with van der Waals surface area (Å²) in [5, 5.41) is 6.84. The van der Waals surface area contributed by atoms with E-state index in [0.29, 0.717) is 12.0 Å². The highest BCUT2D eigenvalue weighted by Crippen LogP contribution is 2.24. The molecule has 1 aromatic carbocycles. The molecule has 0 atom stereocenters. The average molecular weight is 385 g/mol. The third-order valence-electron chi connectivity index (χ3n) is 5.12. The number of nitrogens with zero attached hydrogens (tertiary/aromatic N) is 5. The molecule has 0 amide bonds. The fourth-order valence-electron chi connectivity index (χ4n) is 3.38. The van der Waals surface area contributed by atoms with Gasteiger partial charge in [-0.25, -0.2) is 9.97 Å². The summed E-state index contributed by atoms with van der Waals surface area (Å²) in [6.45, 7) is 3.78. The van der Waals surface area contributed by atoms with E-state index in [2.05, 4.69) is 56.4 Å². The van der Waals surface area contributed by atoms with Gasteiger partial charge in [0.2, 0.25) is 5.95 Å². The lowest BCUT2D eigenvalue weighted by Gasteiger charge is -2.08. The predicted octanol–water partition coefficient (Wildman–Crippen LogP) is 3.90. The number of benzene rings is 1. The number of nitrogens with one attached hydrogen (secondary N) is 2. The van der Waals surface area contributed by atoms with Crippen LogP contribution in [0.3, 0.4) is 0 Å². The van der Waals surface area contributed by atoms with Gasteiger partial charge in [-0.3, -0.25) is 4.98 Å². The highest BCUT2D eigenvalue weighted by atomic mass is 15.2. The van der Waals surface area contributed by atoms with Gasteiger partial charge in [-0.1, -0.05) is 12.1 Å². The summed E-state index contributed by atoms with van der Waals surface area (Å²) in [6, 6.07) is 13.0. The SMILES string of the molecule is CCn1c(-c2ccncc2)nc2cnc(Nc3ccc(CNC4CC4)cc3)nc21. The Hall–Kier alpha value is -3.32. The van der Waals surface area contributed by atoms with E-state index in [0.717, 1.165) is 41.3 Å². The zero-order valence-corrected chi connectivity index (χ0v) is 16.3. The van der Waals surface area contributed by atoms with Gasteiger partial charge in [0.05, 0.1) is 6.20 Å². The van der Waals surface area contributed by atoms with Crippen LogP contribution < -0.4 is 10.6 Å². The van der Waals surface area contributed by atoms with E-state index in [1.807, 2.05) is 12.1 Å². The average Bonchev–Trinajstić information content (AvgIpc) is 3.53. The van der Waals surface area contributed by atoms with Crippen molar-refractivity contribution in [3.8, 4) is 11.4 Å². The third-order valence-corrected chi connectivity index (χ3v) is 5.12. The molecule has 0 saturated heterocycles. The van der Waals surface area contributed by atoms with Crippen LogP contribution in [0.25, 0.3) is 22.6 Å². The monoisotopic (exact) mass is 385 g/mol. The lowest BCUT2D eigenvalue weighted by Crippen LogP contribution is -2.15. The quantitative estimate of drug-likeness (QED) is 0.502. The van der Waals surface area contributed by atoms with E-state index in [1.165, 1.54) is 18.4 Å². The minimum Gasteiger partial charge on any atom is -0.324 e. The van der Waals surface area contributed by atoms with E-state index in [4.69, 9.17) is 9.97 Å². The summed E-state index contributed by atoms with van der Waals surface area (Å²) < 4.78 is 2.10. The van der Waals surface area contributed by atoms with Gasteiger partial charge in [0, 0.05) is 42.8 Å². The zero-order chi connectivity index (χ0) is 19.6. The van der Waals surface area contributed by atoms with Crippen molar-refractivity contribution in [2.45, 2.75) is 38.9 Å². The second-order valence-corrected chi connectivity index (χ2v) is 7.30. The molecular formula is C22H23N7. The van der Waals surface area contributed by atoms with Crippen molar-refractivity contribution in [2.75, 3.05) is 5.32 Å². The van der Waals surface area contributed by atoms with Crippen molar-refractivity contribution in [2.24, 2.45) is 0 Å². The molecule has 7 heteroatoms. The number of hydrogen-bond acceptors (Lipinski definition) is 6. The summed E-state index contributed by atoms with van der Waals surface area (Å²) in [4.78, 5) is 18.0. The van der Waals surface area contributed by atoms with Gasteiger partial charge in [0.15, 0.2) is 5.65 Å². The number of rotatable bonds is 7. The Morgan fingerprint density at radius 1 is 1.03 bits per heavy atom. The highest BCUT2D eigenvalue weighted by Gasteiger charge is 2.19. The Balaban J connectivity index is 1.39. The molecule has 3 heterocycles. The summed E-state index contributed by atoms with van der Waals surface area (Å²) in [6.07, 6.45) is 7.93. The molecule has 0 bridgehead atoms. The second-order valence-electron chi connectivity index (χ2n) is 7.30. The van der Waals surface area contributed by atoms with E-state index in [-0.39, 0.29) is 0 Å². The Bertz CT molecular complexity index is 1120. The fraction of sp³-hybridized carbons (Fsp3) is 0.273. The van der Waals surface area contributed by atoms with Crippen LogP contribution in [0.5, 0.6) is 0 Å². The molecule has 1 fully saturated rings. The maximum Gasteiger partial charge on any atom is 0.229 e. The maximum atomic E-state index is 4.73. The van der Waals surface area contributed by atoms with Crippen molar-refractivity contribution in [1.82, 2.24) is 29.8 Å². The Labute approximate surface area is 169 Å². The van der Waals surface area contributed by atoms with Crippen LogP contribution in [-0.4, -0.2) is 30.5 Å². The van der Waals surface area contributed by atoms with Crippen LogP contribution >= 0.6 is 0 Å². The number of hydrogen-bond donors (Lipinski definition) is 2. The van der Waals surface area contributed by atoms with Gasteiger partial charge in [-0.05, 0) is 49.6 Å². The smallest absolute Gasteiger partial charge is 0.229 e. The molecule has 29 heavy (non-hydrogen) atoms. The second kappa shape index (κ2) is 7.60. The molecule has 1 aliphatic rings. The molecular weight excluding hydrogens is 362 g/mol. The first-order valence-electron chi connectivity index (χ1n) is 10.0. The normalized spacial score (nSPS) is 13.7. The lowest BCUT2D eigenvalue weighted by molar-refractivity contribution is 0.688. The molecule has 1 saturated carbocycles. The van der Waals surface area contributed by atoms with Gasteiger partial charge in [0.1, 0.15) is 11.3 Å². The van der Waals surface area contributed by atoms with Crippen molar-refractivity contribution >= 4 is 22.8 Å². The molecule has 1 aliphatic carbocycles. The molecule has 0 spiro atoms. The number of aromatic nitrogens is 5. The first kappa shape index (κ1) is 17.8. The van der Waals surface area contributed by atoms with Crippen molar-refractivity contribution < 1.29 is 0 Å². The van der Waals surface area contributed by atoms with Gasteiger partial charge >= 0.3 is 0 Å². The van der Waals surface area contributed by atoms with Crippen LogP contribution in [0, 0.1) is 0 Å². The summed E-state index contributed by atoms with van der Waals surface area (Å²) >= 11 is 0. The van der Waals surface area contributed by atoms with E-state index in [9.17, 15) is 0 Å². The third kappa shape index (κ3) is 3.82. The largest absolute Gasteiger partial charge is 0.324 e. The van der Waals surface area contributed by atoms with Gasteiger partial charge in [0.25, 0.3) is 0 Å². The van der Waals surface area contributed by atoms with Crippen molar-refractivity contribution in [3.63, 3.8) is 0 Å². The molecule has 146 valence electrons. The fourth-order valence-corrected chi connectivity index (χ4v) is 3.38. The van der Waals surface area contributed by atoms with Crippen LogP contribution in [0.4, 0.5) is 11.6 Å². The number of pyridine rings is 1. The standard InChI is InChI=1S/C22H23N7/c1-2-29-20(16-9-11-23-12-10-16)27-19-14-25-22(28-21(19)29)26-18-5-3-15(4-6-18)13-24-17-7-8-17/h3-6,9-12,14,17,24H,2,7-8,13H2,1H3,(H,25,26,28). The molecule has 0 radical (unpaired) electrons. The van der Waals surface area contributed by atoms with Gasteiger partial charge in [-0.2, -0.15) is 4.98 Å². The van der Waals surface area contributed by atoms with Crippen LogP contribution in [0.2, 0.25) is 0 Å². The maximum absolute atomic E-state index is 4.73. The molecule has 3 aromatic heterocycles. The number of anilines is 2. The summed E-state index contributed by atoms with van der Waals surface area (Å²) in [7, 11) is 0. The van der Waals surface area contributed by atoms with Gasteiger partial charge < -0.3 is 15.2 Å². The van der Waals surface area contributed by atoms with E-state index in [1.54, 1.807) is 18.6 Å². The Kier molecular flexibility index (Phi) is 4.65. The molecule has 5 rings (SSSR count).